The number of fused-ring (bicyclic) bond motifs is 3. The molecular weight excluding hydrogens is 402 g/mol. The molecular formula is C26H31N3O3. The molecule has 3 aliphatic heterocycles. The van der Waals surface area contributed by atoms with Gasteiger partial charge in [-0.1, -0.05) is 59.3 Å². The van der Waals surface area contributed by atoms with Crippen molar-refractivity contribution < 1.29 is 14.7 Å². The minimum atomic E-state index is -0.0320. The molecule has 2 aromatic carbocycles. The van der Waals surface area contributed by atoms with Gasteiger partial charge in [0, 0.05) is 50.4 Å². The first-order chi connectivity index (χ1) is 15.7. The SMILES string of the molecule is C/C(=C\c1ccccc1)CN1CCN(CC2ON=C3c4cccc(CO)c4OCC32)CC1. The third-order valence-corrected chi connectivity index (χ3v) is 6.63. The average Bonchev–Trinajstić information content (AvgIpc) is 3.23. The van der Waals surface area contributed by atoms with Crippen LogP contribution in [0.2, 0.25) is 0 Å². The summed E-state index contributed by atoms with van der Waals surface area (Å²) in [7, 11) is 0. The molecule has 2 unspecified atom stereocenters. The lowest BCUT2D eigenvalue weighted by atomic mass is 9.89. The van der Waals surface area contributed by atoms with Crippen LogP contribution < -0.4 is 4.74 Å². The van der Waals surface area contributed by atoms with Crippen molar-refractivity contribution in [3.05, 3.63) is 70.8 Å². The zero-order chi connectivity index (χ0) is 21.9. The lowest BCUT2D eigenvalue weighted by Gasteiger charge is -2.36. The van der Waals surface area contributed by atoms with E-state index < -0.39 is 0 Å². The Bertz CT molecular complexity index is 997. The molecule has 0 aliphatic carbocycles. The molecule has 0 amide bonds. The topological polar surface area (TPSA) is 57.5 Å². The Labute approximate surface area is 189 Å². The summed E-state index contributed by atoms with van der Waals surface area (Å²) in [6.45, 7) is 8.80. The van der Waals surface area contributed by atoms with E-state index in [9.17, 15) is 5.11 Å². The van der Waals surface area contributed by atoms with Gasteiger partial charge in [0.25, 0.3) is 0 Å². The van der Waals surface area contributed by atoms with Crippen LogP contribution in [0, 0.1) is 5.92 Å². The molecule has 0 spiro atoms. The molecule has 0 aromatic heterocycles. The van der Waals surface area contributed by atoms with Gasteiger partial charge in [-0.15, -0.1) is 0 Å². The molecule has 1 saturated heterocycles. The maximum absolute atomic E-state index is 9.59. The Morgan fingerprint density at radius 3 is 2.62 bits per heavy atom. The Morgan fingerprint density at radius 1 is 1.06 bits per heavy atom. The molecule has 3 heterocycles. The summed E-state index contributed by atoms with van der Waals surface area (Å²) in [5.41, 5.74) is 5.38. The molecule has 6 heteroatoms. The Kier molecular flexibility index (Phi) is 6.26. The summed E-state index contributed by atoms with van der Waals surface area (Å²) in [5.74, 6) is 0.896. The second kappa shape index (κ2) is 9.45. The van der Waals surface area contributed by atoms with E-state index in [1.54, 1.807) is 0 Å². The van der Waals surface area contributed by atoms with Crippen LogP contribution in [0.5, 0.6) is 5.75 Å². The Hall–Kier alpha value is -2.67. The van der Waals surface area contributed by atoms with Gasteiger partial charge < -0.3 is 14.7 Å². The quantitative estimate of drug-likeness (QED) is 0.759. The monoisotopic (exact) mass is 433 g/mol. The predicted molar refractivity (Wildman–Crippen MR) is 126 cm³/mol. The van der Waals surface area contributed by atoms with E-state index in [4.69, 9.17) is 9.57 Å². The molecule has 2 atom stereocenters. The summed E-state index contributed by atoms with van der Waals surface area (Å²) in [6, 6.07) is 16.4. The number of piperazine rings is 1. The summed E-state index contributed by atoms with van der Waals surface area (Å²) < 4.78 is 6.03. The van der Waals surface area contributed by atoms with Gasteiger partial charge in [0.05, 0.1) is 12.5 Å². The van der Waals surface area contributed by atoms with Gasteiger partial charge >= 0.3 is 0 Å². The van der Waals surface area contributed by atoms with Gasteiger partial charge in [0.15, 0.2) is 6.10 Å². The molecule has 1 N–H and O–H groups in total. The first kappa shape index (κ1) is 21.2. The average molecular weight is 434 g/mol. The highest BCUT2D eigenvalue weighted by atomic mass is 16.6. The highest BCUT2D eigenvalue weighted by Crippen LogP contribution is 2.36. The summed E-state index contributed by atoms with van der Waals surface area (Å²) in [5, 5.41) is 14.0. The van der Waals surface area contributed by atoms with Crippen LogP contribution in [0.15, 0.2) is 59.3 Å². The molecule has 1 fully saturated rings. The van der Waals surface area contributed by atoms with Gasteiger partial charge in [-0.25, -0.2) is 0 Å². The number of para-hydroxylation sites is 1. The number of oxime groups is 1. The van der Waals surface area contributed by atoms with Crippen LogP contribution in [-0.4, -0.2) is 72.6 Å². The maximum Gasteiger partial charge on any atom is 0.151 e. The van der Waals surface area contributed by atoms with Crippen molar-refractivity contribution in [2.45, 2.75) is 19.6 Å². The van der Waals surface area contributed by atoms with E-state index in [0.717, 1.165) is 61.9 Å². The first-order valence-electron chi connectivity index (χ1n) is 11.5. The molecule has 32 heavy (non-hydrogen) atoms. The molecule has 2 aromatic rings. The standard InChI is InChI=1S/C26H31N3O3/c1-19(14-20-6-3-2-4-7-20)15-28-10-12-29(13-11-28)16-24-23-18-31-26-21(17-30)8-5-9-22(26)25(23)27-32-24/h2-9,14,23-24,30H,10-13,15-18H2,1H3/b19-14+. The molecule has 0 radical (unpaired) electrons. The van der Waals surface area contributed by atoms with Crippen LogP contribution in [0.25, 0.3) is 6.08 Å². The van der Waals surface area contributed by atoms with E-state index in [1.807, 2.05) is 18.2 Å². The number of ether oxygens (including phenoxy) is 1. The van der Waals surface area contributed by atoms with E-state index in [1.165, 1.54) is 11.1 Å². The third-order valence-electron chi connectivity index (χ3n) is 6.63. The number of rotatable bonds is 6. The molecule has 6 nitrogen and oxygen atoms in total. The zero-order valence-electron chi connectivity index (χ0n) is 18.6. The molecule has 3 aliphatic rings. The van der Waals surface area contributed by atoms with E-state index >= 15 is 0 Å². The molecule has 5 rings (SSSR count). The number of benzene rings is 2. The predicted octanol–water partition coefficient (Wildman–Crippen LogP) is 3.01. The Morgan fingerprint density at radius 2 is 1.84 bits per heavy atom. The smallest absolute Gasteiger partial charge is 0.151 e. The minimum Gasteiger partial charge on any atom is -0.492 e. The third kappa shape index (κ3) is 4.44. The highest BCUT2D eigenvalue weighted by molar-refractivity contribution is 6.06. The van der Waals surface area contributed by atoms with E-state index in [2.05, 4.69) is 58.3 Å². The molecule has 168 valence electrons. The van der Waals surface area contributed by atoms with Crippen molar-refractivity contribution >= 4 is 11.8 Å². The van der Waals surface area contributed by atoms with Gasteiger partial charge in [-0.2, -0.15) is 0 Å². The Balaban J connectivity index is 1.14. The van der Waals surface area contributed by atoms with Crippen molar-refractivity contribution in [3.8, 4) is 5.75 Å². The number of aliphatic hydroxyl groups excluding tert-OH is 1. The number of hydrogen-bond donors (Lipinski definition) is 1. The van der Waals surface area contributed by atoms with Crippen molar-refractivity contribution in [2.75, 3.05) is 45.9 Å². The summed E-state index contributed by atoms with van der Waals surface area (Å²) in [6.07, 6.45) is 2.29. The number of hydrogen-bond acceptors (Lipinski definition) is 6. The van der Waals surface area contributed by atoms with Gasteiger partial charge in [-0.05, 0) is 18.6 Å². The second-order valence-corrected chi connectivity index (χ2v) is 8.97. The second-order valence-electron chi connectivity index (χ2n) is 8.97. The van der Waals surface area contributed by atoms with Crippen LogP contribution in [0.4, 0.5) is 0 Å². The van der Waals surface area contributed by atoms with Crippen LogP contribution in [0.1, 0.15) is 23.6 Å². The van der Waals surface area contributed by atoms with Crippen LogP contribution in [0.3, 0.4) is 0 Å². The van der Waals surface area contributed by atoms with Crippen LogP contribution in [-0.2, 0) is 11.4 Å². The lowest BCUT2D eigenvalue weighted by Crippen LogP contribution is -2.50. The van der Waals surface area contributed by atoms with Crippen molar-refractivity contribution in [1.82, 2.24) is 9.80 Å². The largest absolute Gasteiger partial charge is 0.492 e. The maximum atomic E-state index is 9.59. The summed E-state index contributed by atoms with van der Waals surface area (Å²) in [4.78, 5) is 10.9. The fourth-order valence-electron chi connectivity index (χ4n) is 4.91. The molecule has 0 saturated carbocycles. The fourth-order valence-corrected chi connectivity index (χ4v) is 4.91. The van der Waals surface area contributed by atoms with E-state index in [0.29, 0.717) is 6.61 Å². The first-order valence-corrected chi connectivity index (χ1v) is 11.5. The number of nitrogens with zero attached hydrogens (tertiary/aromatic N) is 3. The minimum absolute atomic E-state index is 0.0159. The van der Waals surface area contributed by atoms with Crippen LogP contribution >= 0.6 is 0 Å². The van der Waals surface area contributed by atoms with E-state index in [-0.39, 0.29) is 18.6 Å². The fraction of sp³-hybridized carbons (Fsp3) is 0.423. The van der Waals surface area contributed by atoms with Crippen molar-refractivity contribution in [2.24, 2.45) is 11.1 Å². The van der Waals surface area contributed by atoms with Gasteiger partial charge in [0.2, 0.25) is 0 Å². The normalized spacial score (nSPS) is 23.7. The summed E-state index contributed by atoms with van der Waals surface area (Å²) >= 11 is 0. The highest BCUT2D eigenvalue weighted by Gasteiger charge is 2.41. The number of aliphatic hydroxyl groups is 1. The van der Waals surface area contributed by atoms with Gasteiger partial charge in [-0.3, -0.25) is 9.80 Å². The van der Waals surface area contributed by atoms with Crippen molar-refractivity contribution in [1.29, 1.82) is 0 Å². The lowest BCUT2D eigenvalue weighted by molar-refractivity contribution is 0.00996. The zero-order valence-corrected chi connectivity index (χ0v) is 18.6. The van der Waals surface area contributed by atoms with Gasteiger partial charge in [0.1, 0.15) is 18.1 Å². The van der Waals surface area contributed by atoms with Crippen molar-refractivity contribution in [3.63, 3.8) is 0 Å². The molecule has 0 bridgehead atoms.